The highest BCUT2D eigenvalue weighted by Gasteiger charge is 2.35. The molecule has 0 saturated heterocycles. The lowest BCUT2D eigenvalue weighted by Crippen LogP contribution is -2.42. The Morgan fingerprint density at radius 2 is 1.95 bits per heavy atom. The smallest absolute Gasteiger partial charge is 0.311 e. The van der Waals surface area contributed by atoms with Gasteiger partial charge in [-0.1, -0.05) is 13.8 Å². The molecular weight excluding hydrogens is 244 g/mol. The molecule has 5 heteroatoms. The number of nitrogens with zero attached hydrogens (tertiary/aromatic N) is 1. The summed E-state index contributed by atoms with van der Waals surface area (Å²) < 4.78 is 1.83. The molecule has 0 aliphatic rings. The highest BCUT2D eigenvalue weighted by Crippen LogP contribution is 2.25. The SMILES string of the molecule is CCn1cccc1C(=O)NCC(CC)(CC)C(=O)O. The summed E-state index contributed by atoms with van der Waals surface area (Å²) in [4.78, 5) is 23.4. The van der Waals surface area contributed by atoms with Crippen molar-refractivity contribution in [2.24, 2.45) is 5.41 Å². The lowest BCUT2D eigenvalue weighted by atomic mass is 9.82. The first kappa shape index (κ1) is 15.3. The summed E-state index contributed by atoms with van der Waals surface area (Å²) >= 11 is 0. The van der Waals surface area contributed by atoms with E-state index in [1.165, 1.54) is 0 Å². The molecule has 1 amide bonds. The number of aryl methyl sites for hydroxylation is 1. The number of carbonyl (C=O) groups is 2. The zero-order valence-corrected chi connectivity index (χ0v) is 11.8. The van der Waals surface area contributed by atoms with Gasteiger partial charge in [0.05, 0.1) is 5.41 Å². The van der Waals surface area contributed by atoms with Crippen molar-refractivity contribution in [2.75, 3.05) is 6.54 Å². The summed E-state index contributed by atoms with van der Waals surface area (Å²) in [5.41, 5.74) is -0.312. The number of hydrogen-bond acceptors (Lipinski definition) is 2. The highest BCUT2D eigenvalue weighted by atomic mass is 16.4. The second-order valence-corrected chi connectivity index (χ2v) is 4.65. The molecule has 0 unspecified atom stereocenters. The monoisotopic (exact) mass is 266 g/mol. The minimum absolute atomic E-state index is 0.156. The Hall–Kier alpha value is -1.78. The van der Waals surface area contributed by atoms with Crippen LogP contribution in [0.4, 0.5) is 0 Å². The number of amides is 1. The van der Waals surface area contributed by atoms with Gasteiger partial charge in [0.15, 0.2) is 0 Å². The number of aliphatic carboxylic acids is 1. The van der Waals surface area contributed by atoms with Crippen molar-refractivity contribution < 1.29 is 14.7 Å². The Morgan fingerprint density at radius 3 is 2.42 bits per heavy atom. The van der Waals surface area contributed by atoms with E-state index in [9.17, 15) is 14.7 Å². The van der Waals surface area contributed by atoms with Gasteiger partial charge in [-0.25, -0.2) is 0 Å². The molecule has 0 spiro atoms. The molecule has 106 valence electrons. The quantitative estimate of drug-likeness (QED) is 0.794. The molecule has 1 heterocycles. The van der Waals surface area contributed by atoms with E-state index in [1.54, 1.807) is 6.07 Å². The number of rotatable bonds is 7. The molecule has 0 aromatic carbocycles. The molecule has 0 bridgehead atoms. The third-order valence-electron chi connectivity index (χ3n) is 3.80. The summed E-state index contributed by atoms with van der Waals surface area (Å²) in [5, 5.41) is 12.1. The van der Waals surface area contributed by atoms with Crippen LogP contribution in [-0.4, -0.2) is 28.1 Å². The first-order valence-corrected chi connectivity index (χ1v) is 6.67. The van der Waals surface area contributed by atoms with E-state index < -0.39 is 11.4 Å². The van der Waals surface area contributed by atoms with E-state index in [4.69, 9.17) is 0 Å². The number of hydrogen-bond donors (Lipinski definition) is 2. The molecule has 0 saturated carbocycles. The second kappa shape index (κ2) is 6.41. The molecule has 0 fully saturated rings. The van der Waals surface area contributed by atoms with Gasteiger partial charge < -0.3 is 15.0 Å². The molecule has 0 atom stereocenters. The van der Waals surface area contributed by atoms with E-state index >= 15 is 0 Å². The maximum atomic E-state index is 12.1. The summed E-state index contributed by atoms with van der Waals surface area (Å²) in [6.45, 7) is 6.48. The van der Waals surface area contributed by atoms with Crippen LogP contribution in [0.2, 0.25) is 0 Å². The topological polar surface area (TPSA) is 71.3 Å². The van der Waals surface area contributed by atoms with Crippen LogP contribution in [0.25, 0.3) is 0 Å². The summed E-state index contributed by atoms with van der Waals surface area (Å²) in [6.07, 6.45) is 2.82. The van der Waals surface area contributed by atoms with Crippen LogP contribution in [0, 0.1) is 5.41 Å². The van der Waals surface area contributed by atoms with Gasteiger partial charge in [-0.3, -0.25) is 9.59 Å². The second-order valence-electron chi connectivity index (χ2n) is 4.65. The normalized spacial score (nSPS) is 11.3. The predicted octanol–water partition coefficient (Wildman–Crippen LogP) is 2.13. The molecule has 19 heavy (non-hydrogen) atoms. The number of carboxylic acid groups (broad SMARTS) is 1. The average molecular weight is 266 g/mol. The van der Waals surface area contributed by atoms with Gasteiger partial charge in [0.25, 0.3) is 5.91 Å². The number of nitrogens with one attached hydrogen (secondary N) is 1. The summed E-state index contributed by atoms with van der Waals surface area (Å²) in [7, 11) is 0. The molecule has 0 radical (unpaired) electrons. The Morgan fingerprint density at radius 1 is 1.32 bits per heavy atom. The average Bonchev–Trinajstić information content (AvgIpc) is 2.88. The Kier molecular flexibility index (Phi) is 5.15. The van der Waals surface area contributed by atoms with Gasteiger partial charge in [0, 0.05) is 19.3 Å². The zero-order valence-electron chi connectivity index (χ0n) is 11.8. The van der Waals surface area contributed by atoms with Crippen molar-refractivity contribution in [3.63, 3.8) is 0 Å². The van der Waals surface area contributed by atoms with Crippen molar-refractivity contribution in [1.29, 1.82) is 0 Å². The third kappa shape index (κ3) is 3.16. The minimum atomic E-state index is -0.876. The molecule has 1 rings (SSSR count). The molecular formula is C14H22N2O3. The zero-order chi connectivity index (χ0) is 14.5. The highest BCUT2D eigenvalue weighted by molar-refractivity contribution is 5.93. The predicted molar refractivity (Wildman–Crippen MR) is 73.1 cm³/mol. The van der Waals surface area contributed by atoms with Crippen molar-refractivity contribution in [3.05, 3.63) is 24.0 Å². The van der Waals surface area contributed by atoms with Gasteiger partial charge in [-0.05, 0) is 31.9 Å². The largest absolute Gasteiger partial charge is 0.481 e. The number of aromatic nitrogens is 1. The van der Waals surface area contributed by atoms with Crippen LogP contribution in [0.15, 0.2) is 18.3 Å². The van der Waals surface area contributed by atoms with Crippen molar-refractivity contribution >= 4 is 11.9 Å². The standard InChI is InChI=1S/C14H22N2O3/c1-4-14(5-2,13(18)19)10-15-12(17)11-8-7-9-16(11)6-3/h7-9H,4-6,10H2,1-3H3,(H,15,17)(H,18,19). The molecule has 1 aromatic heterocycles. The van der Waals surface area contributed by atoms with Crippen molar-refractivity contribution in [2.45, 2.75) is 40.2 Å². The Labute approximate surface area is 113 Å². The van der Waals surface area contributed by atoms with Crippen LogP contribution in [-0.2, 0) is 11.3 Å². The lowest BCUT2D eigenvalue weighted by molar-refractivity contribution is -0.149. The van der Waals surface area contributed by atoms with E-state index in [-0.39, 0.29) is 12.5 Å². The molecule has 0 aliphatic carbocycles. The van der Waals surface area contributed by atoms with Gasteiger partial charge in [0.2, 0.25) is 0 Å². The van der Waals surface area contributed by atoms with Gasteiger partial charge in [-0.15, -0.1) is 0 Å². The van der Waals surface area contributed by atoms with Crippen LogP contribution in [0.3, 0.4) is 0 Å². The van der Waals surface area contributed by atoms with E-state index in [0.29, 0.717) is 25.1 Å². The van der Waals surface area contributed by atoms with Crippen molar-refractivity contribution in [3.8, 4) is 0 Å². The van der Waals surface area contributed by atoms with E-state index in [1.807, 2.05) is 37.6 Å². The summed E-state index contributed by atoms with van der Waals surface area (Å²) in [5.74, 6) is -1.08. The maximum Gasteiger partial charge on any atom is 0.311 e. The molecule has 1 aromatic rings. The molecule has 0 aliphatic heterocycles. The maximum absolute atomic E-state index is 12.1. The lowest BCUT2D eigenvalue weighted by Gasteiger charge is -2.26. The molecule has 5 nitrogen and oxygen atoms in total. The first-order valence-electron chi connectivity index (χ1n) is 6.67. The molecule has 2 N–H and O–H groups in total. The number of carbonyl (C=O) groups excluding carboxylic acids is 1. The minimum Gasteiger partial charge on any atom is -0.481 e. The number of carboxylic acids is 1. The fourth-order valence-electron chi connectivity index (χ4n) is 2.11. The Bertz CT molecular complexity index is 447. The van der Waals surface area contributed by atoms with Crippen LogP contribution >= 0.6 is 0 Å². The fourth-order valence-corrected chi connectivity index (χ4v) is 2.11. The van der Waals surface area contributed by atoms with Gasteiger partial charge in [-0.2, -0.15) is 0 Å². The van der Waals surface area contributed by atoms with Crippen LogP contribution in [0.1, 0.15) is 44.1 Å². The first-order chi connectivity index (χ1) is 9.00. The van der Waals surface area contributed by atoms with Crippen molar-refractivity contribution in [1.82, 2.24) is 9.88 Å². The summed E-state index contributed by atoms with van der Waals surface area (Å²) in [6, 6.07) is 3.54. The Balaban J connectivity index is 2.75. The van der Waals surface area contributed by atoms with E-state index in [2.05, 4.69) is 5.32 Å². The van der Waals surface area contributed by atoms with Gasteiger partial charge >= 0.3 is 5.97 Å². The van der Waals surface area contributed by atoms with Crippen LogP contribution < -0.4 is 5.32 Å². The third-order valence-corrected chi connectivity index (χ3v) is 3.80. The van der Waals surface area contributed by atoms with Gasteiger partial charge in [0.1, 0.15) is 5.69 Å². The van der Waals surface area contributed by atoms with E-state index in [0.717, 1.165) is 0 Å². The van der Waals surface area contributed by atoms with Crippen LogP contribution in [0.5, 0.6) is 0 Å². The fraction of sp³-hybridized carbons (Fsp3) is 0.571.